The van der Waals surface area contributed by atoms with Crippen molar-refractivity contribution in [1.29, 1.82) is 0 Å². The summed E-state index contributed by atoms with van der Waals surface area (Å²) in [6, 6.07) is 8.72. The van der Waals surface area contributed by atoms with Crippen molar-refractivity contribution in [3.8, 4) is 0 Å². The first-order chi connectivity index (χ1) is 5.84. The molecule has 1 aromatic carbocycles. The van der Waals surface area contributed by atoms with Crippen molar-refractivity contribution in [2.75, 3.05) is 13.2 Å². The van der Waals surface area contributed by atoms with Crippen molar-refractivity contribution >= 4 is 0 Å². The minimum Gasteiger partial charge on any atom is -0.344 e. The second-order valence-electron chi connectivity index (χ2n) is 2.32. The van der Waals surface area contributed by atoms with Crippen LogP contribution < -0.4 is 0 Å². The molecule has 0 spiro atoms. The lowest BCUT2D eigenvalue weighted by molar-refractivity contribution is -0.153. The zero-order chi connectivity index (χ0) is 8.81. The van der Waals surface area contributed by atoms with E-state index in [4.69, 9.17) is 4.74 Å². The molecule has 0 aliphatic rings. The Kier molecular flexibility index (Phi) is 3.73. The largest absolute Gasteiger partial charge is 0.344 e. The van der Waals surface area contributed by atoms with Gasteiger partial charge in [0.05, 0.1) is 6.61 Å². The van der Waals surface area contributed by atoms with E-state index in [-0.39, 0.29) is 13.2 Å². The van der Waals surface area contributed by atoms with Crippen LogP contribution in [0, 0.1) is 0 Å². The van der Waals surface area contributed by atoms with Crippen LogP contribution >= 0.6 is 0 Å². The molecule has 3 heteroatoms. The monoisotopic (exact) mass is 166 g/mol. The molecule has 0 heterocycles. The fourth-order valence-electron chi connectivity index (χ4n) is 0.862. The first-order valence-electron chi connectivity index (χ1n) is 3.75. The van der Waals surface area contributed by atoms with Crippen LogP contribution in [0.15, 0.2) is 30.3 Å². The van der Waals surface area contributed by atoms with Gasteiger partial charge in [-0.15, -0.1) is 0 Å². The van der Waals surface area contributed by atoms with Gasteiger partial charge >= 0.3 is 0 Å². The molecule has 0 aliphatic carbocycles. The topological polar surface area (TPSA) is 49.0 Å². The predicted octanol–water partition coefficient (Wildman–Crippen LogP) is 1.56. The molecule has 0 aromatic heterocycles. The Balaban J connectivity index is 2.48. The highest BCUT2D eigenvalue weighted by Gasteiger charge is 2.07. The average Bonchev–Trinajstić information content (AvgIpc) is 2.15. The molecule has 0 amide bonds. The third-order valence-electron chi connectivity index (χ3n) is 1.42. The third kappa shape index (κ3) is 2.62. The van der Waals surface area contributed by atoms with Crippen LogP contribution in [0.2, 0.25) is 0 Å². The van der Waals surface area contributed by atoms with Crippen LogP contribution in [0.4, 0.5) is 0 Å². The smallest absolute Gasteiger partial charge is 0.217 e. The molecule has 1 rings (SSSR count). The number of rotatable bonds is 4. The van der Waals surface area contributed by atoms with Crippen molar-refractivity contribution in [2.45, 2.75) is 6.29 Å². The molecule has 64 valence electrons. The molecule has 1 unspecified atom stereocenters. The van der Waals surface area contributed by atoms with Crippen LogP contribution in [0.5, 0.6) is 0 Å². The Bertz CT molecular complexity index is 210. The summed E-state index contributed by atoms with van der Waals surface area (Å²) in [6.45, 7) is -0.394. The Hall–Kier alpha value is -0.900. The normalized spacial score (nSPS) is 12.8. The van der Waals surface area contributed by atoms with Crippen LogP contribution in [0.3, 0.4) is 0 Å². The summed E-state index contributed by atoms with van der Waals surface area (Å²) in [6.07, 6.45) is -1.22. The molecular formula is C9H10O3. The van der Waals surface area contributed by atoms with Crippen molar-refractivity contribution in [3.05, 3.63) is 35.9 Å². The number of ether oxygens (including phenoxy) is 1. The van der Waals surface area contributed by atoms with Gasteiger partial charge < -0.3 is 4.74 Å². The first-order valence-corrected chi connectivity index (χ1v) is 3.75. The Morgan fingerprint density at radius 1 is 1.25 bits per heavy atom. The van der Waals surface area contributed by atoms with Crippen molar-refractivity contribution < 1.29 is 14.9 Å². The van der Waals surface area contributed by atoms with E-state index in [9.17, 15) is 10.2 Å². The Morgan fingerprint density at radius 3 is 2.50 bits per heavy atom. The molecule has 0 aliphatic heterocycles. The molecule has 3 nitrogen and oxygen atoms in total. The highest BCUT2D eigenvalue weighted by Crippen LogP contribution is 2.13. The van der Waals surface area contributed by atoms with Gasteiger partial charge in [-0.1, -0.05) is 30.3 Å². The van der Waals surface area contributed by atoms with E-state index in [0.717, 1.165) is 0 Å². The van der Waals surface area contributed by atoms with E-state index >= 15 is 0 Å². The lowest BCUT2D eigenvalue weighted by Crippen LogP contribution is -2.04. The zero-order valence-corrected chi connectivity index (χ0v) is 6.60. The highest BCUT2D eigenvalue weighted by molar-refractivity contribution is 5.15. The number of hydrogen-bond donors (Lipinski definition) is 0. The molecule has 0 saturated heterocycles. The number of hydrogen-bond acceptors (Lipinski definition) is 1. The summed E-state index contributed by atoms with van der Waals surface area (Å²) in [7, 11) is 0. The maximum Gasteiger partial charge on any atom is 0.217 e. The molecule has 0 saturated carbocycles. The summed E-state index contributed by atoms with van der Waals surface area (Å²) in [5.74, 6) is 0. The van der Waals surface area contributed by atoms with Gasteiger partial charge in [0.1, 0.15) is 6.61 Å². The van der Waals surface area contributed by atoms with E-state index in [1.165, 1.54) is 0 Å². The van der Waals surface area contributed by atoms with Gasteiger partial charge in [0.25, 0.3) is 0 Å². The second-order valence-corrected chi connectivity index (χ2v) is 2.32. The van der Waals surface area contributed by atoms with Crippen molar-refractivity contribution in [1.82, 2.24) is 0 Å². The zero-order valence-electron chi connectivity index (χ0n) is 6.60. The van der Waals surface area contributed by atoms with Gasteiger partial charge in [-0.3, -0.25) is 0 Å². The van der Waals surface area contributed by atoms with Gasteiger partial charge in [0.2, 0.25) is 6.29 Å². The van der Waals surface area contributed by atoms with Crippen LogP contribution in [0.1, 0.15) is 11.9 Å². The summed E-state index contributed by atoms with van der Waals surface area (Å²) in [5.41, 5.74) is 0.561. The highest BCUT2D eigenvalue weighted by atomic mass is 16.6. The molecule has 12 heavy (non-hydrogen) atoms. The molecule has 0 fully saturated rings. The number of benzene rings is 1. The Labute approximate surface area is 71.2 Å². The molecule has 1 aromatic rings. The van der Waals surface area contributed by atoms with Gasteiger partial charge in [-0.25, -0.2) is 5.11 Å². The lowest BCUT2D eigenvalue weighted by Gasteiger charge is -2.07. The van der Waals surface area contributed by atoms with E-state index in [0.29, 0.717) is 5.56 Å². The van der Waals surface area contributed by atoms with Crippen LogP contribution in [-0.2, 0) is 14.9 Å². The summed E-state index contributed by atoms with van der Waals surface area (Å²) in [4.78, 5) is 0. The van der Waals surface area contributed by atoms with Gasteiger partial charge in [-0.05, 0) is 0 Å². The van der Waals surface area contributed by atoms with E-state index in [1.54, 1.807) is 24.3 Å². The quantitative estimate of drug-likeness (QED) is 0.626. The minimum atomic E-state index is -1.22. The third-order valence-corrected chi connectivity index (χ3v) is 1.42. The summed E-state index contributed by atoms with van der Waals surface area (Å²) in [5, 5.41) is 21.1. The van der Waals surface area contributed by atoms with Crippen molar-refractivity contribution in [2.24, 2.45) is 0 Å². The standard InChI is InChI=1S/C9H10O3/c10-6-7-12-9(11)8-4-2-1-3-5-8/h1-5,9H,6-7H2. The average molecular weight is 166 g/mol. The molecule has 0 bridgehead atoms. The summed E-state index contributed by atoms with van der Waals surface area (Å²) >= 11 is 0. The fraction of sp³-hybridized carbons (Fsp3) is 0.333. The summed E-state index contributed by atoms with van der Waals surface area (Å²) < 4.78 is 4.71. The maximum atomic E-state index is 11.1. The molecule has 0 N–H and O–H groups in total. The van der Waals surface area contributed by atoms with E-state index in [2.05, 4.69) is 0 Å². The predicted molar refractivity (Wildman–Crippen MR) is 41.4 cm³/mol. The minimum absolute atomic E-state index is 0.0247. The lowest BCUT2D eigenvalue weighted by atomic mass is 10.2. The molecule has 2 radical (unpaired) electrons. The van der Waals surface area contributed by atoms with E-state index < -0.39 is 6.29 Å². The Morgan fingerprint density at radius 2 is 1.92 bits per heavy atom. The van der Waals surface area contributed by atoms with Crippen molar-refractivity contribution in [3.63, 3.8) is 0 Å². The van der Waals surface area contributed by atoms with E-state index in [1.807, 2.05) is 6.07 Å². The van der Waals surface area contributed by atoms with Crippen LogP contribution in [-0.4, -0.2) is 13.2 Å². The first kappa shape index (κ1) is 9.19. The van der Waals surface area contributed by atoms with Gasteiger partial charge in [0.15, 0.2) is 0 Å². The molecular weight excluding hydrogens is 156 g/mol. The van der Waals surface area contributed by atoms with Crippen LogP contribution in [0.25, 0.3) is 0 Å². The van der Waals surface area contributed by atoms with Gasteiger partial charge in [0, 0.05) is 5.56 Å². The SMILES string of the molecule is [O]CCOC([O])c1ccccc1. The van der Waals surface area contributed by atoms with Gasteiger partial charge in [-0.2, -0.15) is 5.11 Å². The molecule has 1 atom stereocenters. The fourth-order valence-corrected chi connectivity index (χ4v) is 0.862. The maximum absolute atomic E-state index is 11.1. The second kappa shape index (κ2) is 4.87.